The molecule has 1 aromatic heterocycles. The Hall–Kier alpha value is -0.840. The van der Waals surface area contributed by atoms with E-state index in [0.29, 0.717) is 6.04 Å². The summed E-state index contributed by atoms with van der Waals surface area (Å²) < 4.78 is 6.32. The fourth-order valence-electron chi connectivity index (χ4n) is 1.88. The van der Waals surface area contributed by atoms with Crippen molar-refractivity contribution in [1.29, 1.82) is 0 Å². The topological polar surface area (TPSA) is 21.3 Å². The highest BCUT2D eigenvalue weighted by molar-refractivity contribution is 9.10. The molecule has 0 bridgehead atoms. The number of thiophene rings is 1. The molecule has 0 amide bonds. The van der Waals surface area contributed by atoms with Crippen LogP contribution in [-0.4, -0.2) is 13.7 Å². The Morgan fingerprint density at radius 1 is 1.32 bits per heavy atom. The first-order chi connectivity index (χ1) is 9.19. The zero-order valence-corrected chi connectivity index (χ0v) is 13.6. The summed E-state index contributed by atoms with van der Waals surface area (Å²) >= 11 is 5.27. The van der Waals surface area contributed by atoms with E-state index in [9.17, 15) is 0 Å². The summed E-state index contributed by atoms with van der Waals surface area (Å²) in [5, 5.41) is 5.67. The van der Waals surface area contributed by atoms with Gasteiger partial charge in [0.05, 0.1) is 7.11 Å². The lowest BCUT2D eigenvalue weighted by atomic mass is 10.1. The summed E-state index contributed by atoms with van der Waals surface area (Å²) in [5.74, 6) is 0.911. The second kappa shape index (κ2) is 7.08. The highest BCUT2D eigenvalue weighted by atomic mass is 79.9. The van der Waals surface area contributed by atoms with Gasteiger partial charge in [-0.2, -0.15) is 0 Å². The second-order valence-corrected chi connectivity index (χ2v) is 6.30. The van der Waals surface area contributed by atoms with Crippen LogP contribution in [0.25, 0.3) is 0 Å². The summed E-state index contributed by atoms with van der Waals surface area (Å²) in [4.78, 5) is 1.36. The first-order valence-electron chi connectivity index (χ1n) is 6.29. The van der Waals surface area contributed by atoms with E-state index in [1.54, 1.807) is 18.4 Å². The first-order valence-corrected chi connectivity index (χ1v) is 7.96. The van der Waals surface area contributed by atoms with Gasteiger partial charge in [-0.25, -0.2) is 0 Å². The minimum absolute atomic E-state index is 0.398. The Balaban J connectivity index is 1.79. The molecule has 4 heteroatoms. The minimum atomic E-state index is 0.398. The molecule has 0 saturated heterocycles. The molecule has 0 aliphatic heterocycles. The van der Waals surface area contributed by atoms with Crippen molar-refractivity contribution >= 4 is 27.3 Å². The van der Waals surface area contributed by atoms with Gasteiger partial charge in [0.1, 0.15) is 5.75 Å². The van der Waals surface area contributed by atoms with Gasteiger partial charge in [-0.05, 0) is 59.6 Å². The minimum Gasteiger partial charge on any atom is -0.497 e. The van der Waals surface area contributed by atoms with Gasteiger partial charge in [0.15, 0.2) is 0 Å². The molecule has 102 valence electrons. The number of hydrogen-bond acceptors (Lipinski definition) is 3. The Morgan fingerprint density at radius 3 is 2.63 bits per heavy atom. The number of nitrogens with one attached hydrogen (secondary N) is 1. The van der Waals surface area contributed by atoms with Crippen LogP contribution in [0.4, 0.5) is 0 Å². The molecule has 19 heavy (non-hydrogen) atoms. The van der Waals surface area contributed by atoms with E-state index in [2.05, 4.69) is 51.7 Å². The van der Waals surface area contributed by atoms with Gasteiger partial charge in [-0.3, -0.25) is 0 Å². The number of benzene rings is 1. The van der Waals surface area contributed by atoms with Crippen LogP contribution in [0.2, 0.25) is 0 Å². The number of rotatable bonds is 6. The molecule has 2 rings (SSSR count). The van der Waals surface area contributed by atoms with E-state index < -0.39 is 0 Å². The van der Waals surface area contributed by atoms with Crippen molar-refractivity contribution in [3.8, 4) is 5.75 Å². The quantitative estimate of drug-likeness (QED) is 0.841. The maximum absolute atomic E-state index is 5.15. The van der Waals surface area contributed by atoms with E-state index in [1.165, 1.54) is 10.4 Å². The molecule has 1 heterocycles. The van der Waals surface area contributed by atoms with Crippen LogP contribution in [0.1, 0.15) is 23.4 Å². The monoisotopic (exact) mass is 339 g/mol. The van der Waals surface area contributed by atoms with E-state index in [-0.39, 0.29) is 0 Å². The smallest absolute Gasteiger partial charge is 0.118 e. The molecule has 1 atom stereocenters. The Kier molecular flexibility index (Phi) is 5.43. The number of hydrogen-bond donors (Lipinski definition) is 1. The fraction of sp³-hybridized carbons (Fsp3) is 0.333. The average Bonchev–Trinajstić information content (AvgIpc) is 2.86. The summed E-state index contributed by atoms with van der Waals surface area (Å²) in [7, 11) is 1.69. The zero-order valence-electron chi connectivity index (χ0n) is 11.2. The molecular formula is C15H18BrNOS. The van der Waals surface area contributed by atoms with Gasteiger partial charge in [0, 0.05) is 20.8 Å². The normalized spacial score (nSPS) is 12.4. The van der Waals surface area contributed by atoms with Crippen LogP contribution in [0.5, 0.6) is 5.75 Å². The van der Waals surface area contributed by atoms with Crippen LogP contribution in [0.15, 0.2) is 40.2 Å². The van der Waals surface area contributed by atoms with E-state index in [1.807, 2.05) is 12.1 Å². The van der Waals surface area contributed by atoms with Crippen LogP contribution >= 0.6 is 27.3 Å². The van der Waals surface area contributed by atoms with Crippen LogP contribution in [0.3, 0.4) is 0 Å². The lowest BCUT2D eigenvalue weighted by Gasteiger charge is -2.12. The molecule has 0 saturated carbocycles. The van der Waals surface area contributed by atoms with E-state index in [4.69, 9.17) is 4.74 Å². The van der Waals surface area contributed by atoms with Crippen LogP contribution in [-0.2, 0) is 6.42 Å². The van der Waals surface area contributed by atoms with Gasteiger partial charge in [0.25, 0.3) is 0 Å². The van der Waals surface area contributed by atoms with Crippen molar-refractivity contribution in [1.82, 2.24) is 5.32 Å². The highest BCUT2D eigenvalue weighted by Crippen LogP contribution is 2.25. The fourth-order valence-corrected chi connectivity index (χ4v) is 3.36. The molecule has 0 radical (unpaired) electrons. The van der Waals surface area contributed by atoms with Crippen molar-refractivity contribution in [2.75, 3.05) is 13.7 Å². The average molecular weight is 340 g/mol. The van der Waals surface area contributed by atoms with Crippen LogP contribution in [0, 0.1) is 0 Å². The predicted molar refractivity (Wildman–Crippen MR) is 85.1 cm³/mol. The second-order valence-electron chi connectivity index (χ2n) is 4.44. The van der Waals surface area contributed by atoms with Gasteiger partial charge >= 0.3 is 0 Å². The van der Waals surface area contributed by atoms with Crippen LogP contribution < -0.4 is 10.1 Å². The Labute approximate surface area is 126 Å². The van der Waals surface area contributed by atoms with Gasteiger partial charge in [-0.1, -0.05) is 12.1 Å². The molecule has 1 unspecified atom stereocenters. The van der Waals surface area contributed by atoms with Gasteiger partial charge in [0.2, 0.25) is 0 Å². The van der Waals surface area contributed by atoms with Gasteiger partial charge < -0.3 is 10.1 Å². The summed E-state index contributed by atoms with van der Waals surface area (Å²) in [5.41, 5.74) is 1.33. The van der Waals surface area contributed by atoms with Crippen molar-refractivity contribution in [3.63, 3.8) is 0 Å². The maximum atomic E-state index is 5.15. The molecule has 0 aliphatic carbocycles. The molecule has 0 spiro atoms. The largest absolute Gasteiger partial charge is 0.497 e. The molecule has 2 aromatic rings. The van der Waals surface area contributed by atoms with E-state index >= 15 is 0 Å². The third kappa shape index (κ3) is 4.34. The van der Waals surface area contributed by atoms with Crippen molar-refractivity contribution in [2.45, 2.75) is 19.4 Å². The molecule has 0 aliphatic rings. The summed E-state index contributed by atoms with van der Waals surface area (Å²) in [6.07, 6.45) is 1.03. The van der Waals surface area contributed by atoms with Crippen molar-refractivity contribution in [2.24, 2.45) is 0 Å². The Morgan fingerprint density at radius 2 is 2.05 bits per heavy atom. The highest BCUT2D eigenvalue weighted by Gasteiger charge is 2.06. The molecule has 1 aromatic carbocycles. The SMILES string of the molecule is COc1ccc(CCNC(C)c2cc(Br)cs2)cc1. The van der Waals surface area contributed by atoms with E-state index in [0.717, 1.165) is 23.2 Å². The standard InChI is InChI=1S/C15H18BrNOS/c1-11(15-9-13(16)10-19-15)17-8-7-12-3-5-14(18-2)6-4-12/h3-6,9-11,17H,7-8H2,1-2H3. The van der Waals surface area contributed by atoms with Gasteiger partial charge in [-0.15, -0.1) is 11.3 Å². The lowest BCUT2D eigenvalue weighted by Crippen LogP contribution is -2.20. The maximum Gasteiger partial charge on any atom is 0.118 e. The number of ether oxygens (including phenoxy) is 1. The molecular weight excluding hydrogens is 322 g/mol. The number of methoxy groups -OCH3 is 1. The zero-order chi connectivity index (χ0) is 13.7. The lowest BCUT2D eigenvalue weighted by molar-refractivity contribution is 0.414. The third-order valence-corrected chi connectivity index (χ3v) is 4.91. The summed E-state index contributed by atoms with van der Waals surface area (Å²) in [6, 6.07) is 10.8. The predicted octanol–water partition coefficient (Wildman–Crippen LogP) is 4.41. The molecule has 2 nitrogen and oxygen atoms in total. The summed E-state index contributed by atoms with van der Waals surface area (Å²) in [6.45, 7) is 3.18. The van der Waals surface area contributed by atoms with Crippen molar-refractivity contribution in [3.05, 3.63) is 50.6 Å². The number of halogens is 1. The molecule has 0 fully saturated rings. The molecule has 1 N–H and O–H groups in total. The third-order valence-electron chi connectivity index (χ3n) is 3.04. The van der Waals surface area contributed by atoms with Crippen molar-refractivity contribution < 1.29 is 4.74 Å². The Bertz CT molecular complexity index is 509. The first kappa shape index (κ1) is 14.6.